The Bertz CT molecular complexity index is 739. The van der Waals surface area contributed by atoms with Crippen LogP contribution in [0.15, 0.2) is 30.5 Å². The van der Waals surface area contributed by atoms with Gasteiger partial charge in [0.2, 0.25) is 5.91 Å². The standard InChI is InChI=1S/C18H24N4O2/c1-12-5-4-8-22(11-12)17(23)16(21-18(19)24)9-13-10-20-15-7-3-2-6-14(13)15/h2-3,6-7,10,12,16,20H,4-5,8-9,11H2,1H3,(H3,19,21,24). The molecule has 4 N–H and O–H groups in total. The number of rotatable bonds is 4. The molecule has 1 aromatic carbocycles. The van der Waals surface area contributed by atoms with Gasteiger partial charge < -0.3 is 20.9 Å². The molecule has 2 heterocycles. The van der Waals surface area contributed by atoms with Gasteiger partial charge in [0, 0.05) is 36.6 Å². The number of H-pyrrole nitrogens is 1. The maximum atomic E-state index is 12.9. The summed E-state index contributed by atoms with van der Waals surface area (Å²) in [5, 5.41) is 3.69. The van der Waals surface area contributed by atoms with Crippen molar-refractivity contribution in [2.45, 2.75) is 32.2 Å². The number of hydrogen-bond acceptors (Lipinski definition) is 2. The molecule has 6 nitrogen and oxygen atoms in total. The van der Waals surface area contributed by atoms with Gasteiger partial charge >= 0.3 is 6.03 Å². The van der Waals surface area contributed by atoms with Crippen LogP contribution in [0.2, 0.25) is 0 Å². The van der Waals surface area contributed by atoms with Crippen LogP contribution in [-0.2, 0) is 11.2 Å². The second kappa shape index (κ2) is 6.95. The first-order valence-corrected chi connectivity index (χ1v) is 8.44. The predicted octanol–water partition coefficient (Wildman–Crippen LogP) is 2.01. The van der Waals surface area contributed by atoms with Crippen molar-refractivity contribution in [3.05, 3.63) is 36.0 Å². The van der Waals surface area contributed by atoms with Crippen molar-refractivity contribution in [3.63, 3.8) is 0 Å². The van der Waals surface area contributed by atoms with Gasteiger partial charge in [-0.2, -0.15) is 0 Å². The number of aromatic amines is 1. The van der Waals surface area contributed by atoms with Crippen LogP contribution in [0.5, 0.6) is 0 Å². The van der Waals surface area contributed by atoms with Crippen molar-refractivity contribution in [3.8, 4) is 0 Å². The average molecular weight is 328 g/mol. The lowest BCUT2D eigenvalue weighted by atomic mass is 9.98. The monoisotopic (exact) mass is 328 g/mol. The Morgan fingerprint density at radius 3 is 2.96 bits per heavy atom. The third-order valence-corrected chi connectivity index (χ3v) is 4.68. The number of carbonyl (C=O) groups is 2. The summed E-state index contributed by atoms with van der Waals surface area (Å²) >= 11 is 0. The van der Waals surface area contributed by atoms with Gasteiger partial charge in [0.05, 0.1) is 0 Å². The number of nitrogens with two attached hydrogens (primary N) is 1. The molecule has 0 aliphatic carbocycles. The van der Waals surface area contributed by atoms with Gasteiger partial charge in [0.1, 0.15) is 6.04 Å². The summed E-state index contributed by atoms with van der Waals surface area (Å²) in [5.74, 6) is 0.440. The van der Waals surface area contributed by atoms with E-state index in [1.54, 1.807) is 0 Å². The van der Waals surface area contributed by atoms with E-state index in [0.29, 0.717) is 12.3 Å². The van der Waals surface area contributed by atoms with Crippen LogP contribution < -0.4 is 11.1 Å². The van der Waals surface area contributed by atoms with E-state index in [1.165, 1.54) is 0 Å². The second-order valence-electron chi connectivity index (χ2n) is 6.66. The van der Waals surface area contributed by atoms with Crippen LogP contribution in [0.25, 0.3) is 10.9 Å². The number of urea groups is 1. The van der Waals surface area contributed by atoms with Gasteiger partial charge in [0.25, 0.3) is 0 Å². The highest BCUT2D eigenvalue weighted by Gasteiger charge is 2.29. The third kappa shape index (κ3) is 3.53. The molecular weight excluding hydrogens is 304 g/mol. The summed E-state index contributed by atoms with van der Waals surface area (Å²) in [6.07, 6.45) is 4.46. The number of piperidine rings is 1. The molecule has 1 saturated heterocycles. The smallest absolute Gasteiger partial charge is 0.312 e. The Kier molecular flexibility index (Phi) is 4.74. The van der Waals surface area contributed by atoms with E-state index in [4.69, 9.17) is 5.73 Å². The first-order chi connectivity index (χ1) is 11.5. The number of likely N-dealkylation sites (tertiary alicyclic amines) is 1. The lowest BCUT2D eigenvalue weighted by molar-refractivity contribution is -0.134. The van der Waals surface area contributed by atoms with E-state index in [-0.39, 0.29) is 5.91 Å². The lowest BCUT2D eigenvalue weighted by Crippen LogP contribution is -2.53. The van der Waals surface area contributed by atoms with Crippen LogP contribution in [0.1, 0.15) is 25.3 Å². The molecule has 1 aliphatic rings. The fraction of sp³-hybridized carbons (Fsp3) is 0.444. The second-order valence-corrected chi connectivity index (χ2v) is 6.66. The Hall–Kier alpha value is -2.50. The van der Waals surface area contributed by atoms with Crippen molar-refractivity contribution in [2.24, 2.45) is 11.7 Å². The number of benzene rings is 1. The van der Waals surface area contributed by atoms with Gasteiger partial charge in [-0.05, 0) is 30.4 Å². The van der Waals surface area contributed by atoms with Crippen molar-refractivity contribution in [1.29, 1.82) is 0 Å². The normalized spacial score (nSPS) is 19.2. The summed E-state index contributed by atoms with van der Waals surface area (Å²) < 4.78 is 0. The highest BCUT2D eigenvalue weighted by atomic mass is 16.2. The van der Waals surface area contributed by atoms with E-state index in [9.17, 15) is 9.59 Å². The Morgan fingerprint density at radius 1 is 1.42 bits per heavy atom. The molecule has 128 valence electrons. The van der Waals surface area contributed by atoms with Crippen molar-refractivity contribution in [1.82, 2.24) is 15.2 Å². The maximum absolute atomic E-state index is 12.9. The molecule has 0 saturated carbocycles. The third-order valence-electron chi connectivity index (χ3n) is 4.68. The van der Waals surface area contributed by atoms with Crippen LogP contribution in [0, 0.1) is 5.92 Å². The van der Waals surface area contributed by atoms with Crippen LogP contribution >= 0.6 is 0 Å². The van der Waals surface area contributed by atoms with E-state index in [1.807, 2.05) is 35.4 Å². The van der Waals surface area contributed by atoms with E-state index >= 15 is 0 Å². The number of fused-ring (bicyclic) bond motifs is 1. The summed E-state index contributed by atoms with van der Waals surface area (Å²) in [4.78, 5) is 29.3. The fourth-order valence-corrected chi connectivity index (χ4v) is 3.50. The average Bonchev–Trinajstić information content (AvgIpc) is 2.96. The topological polar surface area (TPSA) is 91.2 Å². The lowest BCUT2D eigenvalue weighted by Gasteiger charge is -2.33. The zero-order valence-corrected chi connectivity index (χ0v) is 13.9. The summed E-state index contributed by atoms with van der Waals surface area (Å²) in [5.41, 5.74) is 7.32. The van der Waals surface area contributed by atoms with E-state index < -0.39 is 12.1 Å². The number of hydrogen-bond donors (Lipinski definition) is 3. The number of carbonyl (C=O) groups excluding carboxylic acids is 2. The molecule has 2 aromatic rings. The minimum absolute atomic E-state index is 0.0503. The number of para-hydroxylation sites is 1. The number of amides is 3. The van der Waals surface area contributed by atoms with Crippen LogP contribution in [-0.4, -0.2) is 41.0 Å². The van der Waals surface area contributed by atoms with E-state index in [0.717, 1.165) is 42.4 Å². The molecule has 6 heteroatoms. The molecular formula is C18H24N4O2. The molecule has 0 bridgehead atoms. The molecule has 2 atom stereocenters. The number of aromatic nitrogens is 1. The molecule has 2 unspecified atom stereocenters. The predicted molar refractivity (Wildman–Crippen MR) is 93.5 cm³/mol. The Labute approximate surface area is 141 Å². The van der Waals surface area contributed by atoms with E-state index in [2.05, 4.69) is 17.2 Å². The van der Waals surface area contributed by atoms with Gasteiger partial charge in [-0.3, -0.25) is 4.79 Å². The van der Waals surface area contributed by atoms with Crippen molar-refractivity contribution >= 4 is 22.8 Å². The SMILES string of the molecule is CC1CCCN(C(=O)C(Cc2c[nH]c3ccccc23)NC(N)=O)C1. The molecule has 1 aliphatic heterocycles. The summed E-state index contributed by atoms with van der Waals surface area (Å²) in [6.45, 7) is 3.63. The largest absolute Gasteiger partial charge is 0.361 e. The minimum atomic E-state index is -0.668. The Morgan fingerprint density at radius 2 is 2.21 bits per heavy atom. The maximum Gasteiger partial charge on any atom is 0.312 e. The summed E-state index contributed by atoms with van der Waals surface area (Å²) in [6, 6.07) is 6.62. The van der Waals surface area contributed by atoms with Crippen LogP contribution in [0.3, 0.4) is 0 Å². The highest BCUT2D eigenvalue weighted by Crippen LogP contribution is 2.21. The fourth-order valence-electron chi connectivity index (χ4n) is 3.50. The highest BCUT2D eigenvalue weighted by molar-refractivity contribution is 5.89. The molecule has 3 rings (SSSR count). The van der Waals surface area contributed by atoms with Crippen molar-refractivity contribution in [2.75, 3.05) is 13.1 Å². The Balaban J connectivity index is 1.81. The zero-order chi connectivity index (χ0) is 17.1. The molecule has 0 spiro atoms. The van der Waals surface area contributed by atoms with Gasteiger partial charge in [-0.25, -0.2) is 4.79 Å². The molecule has 24 heavy (non-hydrogen) atoms. The minimum Gasteiger partial charge on any atom is -0.361 e. The van der Waals surface area contributed by atoms with Gasteiger partial charge in [-0.15, -0.1) is 0 Å². The van der Waals surface area contributed by atoms with Gasteiger partial charge in [-0.1, -0.05) is 25.1 Å². The van der Waals surface area contributed by atoms with Crippen molar-refractivity contribution < 1.29 is 9.59 Å². The molecule has 1 fully saturated rings. The first-order valence-electron chi connectivity index (χ1n) is 8.44. The molecule has 0 radical (unpaired) electrons. The zero-order valence-electron chi connectivity index (χ0n) is 13.9. The van der Waals surface area contributed by atoms with Crippen LogP contribution in [0.4, 0.5) is 4.79 Å². The molecule has 1 aromatic heterocycles. The summed E-state index contributed by atoms with van der Waals surface area (Å²) in [7, 11) is 0. The first kappa shape index (κ1) is 16.4. The number of nitrogens with zero attached hydrogens (tertiary/aromatic N) is 1. The molecule has 3 amide bonds. The quantitative estimate of drug-likeness (QED) is 0.801. The number of primary amides is 1. The number of nitrogens with one attached hydrogen (secondary N) is 2. The van der Waals surface area contributed by atoms with Gasteiger partial charge in [0.15, 0.2) is 0 Å².